The Labute approximate surface area is 168 Å². The van der Waals surface area contributed by atoms with E-state index in [-0.39, 0.29) is 11.8 Å². The number of rotatable bonds is 4. The van der Waals surface area contributed by atoms with Crippen molar-refractivity contribution in [3.8, 4) is 5.75 Å². The monoisotopic (exact) mass is 394 g/mol. The van der Waals surface area contributed by atoms with E-state index in [1.165, 1.54) is 0 Å². The van der Waals surface area contributed by atoms with E-state index < -0.39 is 0 Å². The van der Waals surface area contributed by atoms with Crippen molar-refractivity contribution in [2.75, 3.05) is 19.0 Å². The van der Waals surface area contributed by atoms with Gasteiger partial charge in [0.25, 0.3) is 11.8 Å². The van der Waals surface area contributed by atoms with Gasteiger partial charge in [-0.15, -0.1) is 0 Å². The van der Waals surface area contributed by atoms with Crippen molar-refractivity contribution in [1.82, 2.24) is 14.7 Å². The van der Waals surface area contributed by atoms with Gasteiger partial charge in [0.2, 0.25) is 0 Å². The van der Waals surface area contributed by atoms with E-state index in [1.807, 2.05) is 0 Å². The summed E-state index contributed by atoms with van der Waals surface area (Å²) in [4.78, 5) is 27.4. The van der Waals surface area contributed by atoms with Crippen LogP contribution in [0.15, 0.2) is 47.0 Å². The third-order valence-electron chi connectivity index (χ3n) is 4.92. The van der Waals surface area contributed by atoms with E-state index in [0.717, 1.165) is 6.42 Å². The van der Waals surface area contributed by atoms with Crippen LogP contribution >= 0.6 is 0 Å². The van der Waals surface area contributed by atoms with E-state index in [0.29, 0.717) is 53.8 Å². The van der Waals surface area contributed by atoms with Crippen molar-refractivity contribution in [1.29, 1.82) is 0 Å². The van der Waals surface area contributed by atoms with E-state index in [1.54, 1.807) is 66.2 Å². The lowest BCUT2D eigenvalue weighted by Gasteiger charge is -2.19. The van der Waals surface area contributed by atoms with Gasteiger partial charge in [0.05, 0.1) is 31.1 Å². The number of ether oxygens (including phenoxy) is 1. The van der Waals surface area contributed by atoms with E-state index in [9.17, 15) is 9.59 Å². The van der Waals surface area contributed by atoms with Crippen molar-refractivity contribution < 1.29 is 18.7 Å². The lowest BCUT2D eigenvalue weighted by Crippen LogP contribution is -2.31. The fourth-order valence-electron chi connectivity index (χ4n) is 3.38. The summed E-state index contributed by atoms with van der Waals surface area (Å²) in [7, 11) is 1.59. The summed E-state index contributed by atoms with van der Waals surface area (Å²) in [5.41, 5.74) is 1.82. The normalized spacial score (nSPS) is 13.5. The Morgan fingerprint density at radius 1 is 1.14 bits per heavy atom. The highest BCUT2D eigenvalue weighted by Gasteiger charge is 2.27. The minimum absolute atomic E-state index is 0.186. The first-order valence-electron chi connectivity index (χ1n) is 9.41. The van der Waals surface area contributed by atoms with Crippen LogP contribution in [0.1, 0.15) is 38.8 Å². The number of amides is 2. The SMILES string of the molecule is COc1ccc(NC(=O)c2cnn3c2CN(C(=O)c2ccc(C)o2)CCC3)cc1. The van der Waals surface area contributed by atoms with Crippen molar-refractivity contribution >= 4 is 17.5 Å². The number of hydrogen-bond acceptors (Lipinski definition) is 5. The van der Waals surface area contributed by atoms with Gasteiger partial charge in [0, 0.05) is 18.8 Å². The molecule has 1 N–H and O–H groups in total. The van der Waals surface area contributed by atoms with Gasteiger partial charge in [-0.3, -0.25) is 14.3 Å². The smallest absolute Gasteiger partial charge is 0.289 e. The maximum Gasteiger partial charge on any atom is 0.289 e. The molecular weight excluding hydrogens is 372 g/mol. The van der Waals surface area contributed by atoms with Crippen LogP contribution in [-0.2, 0) is 13.1 Å². The predicted octanol–water partition coefficient (Wildman–Crippen LogP) is 3.09. The topological polar surface area (TPSA) is 89.6 Å². The Morgan fingerprint density at radius 3 is 2.62 bits per heavy atom. The number of methoxy groups -OCH3 is 1. The molecule has 0 fully saturated rings. The van der Waals surface area contributed by atoms with Crippen molar-refractivity contribution in [2.45, 2.75) is 26.4 Å². The number of aryl methyl sites for hydroxylation is 2. The molecule has 0 saturated heterocycles. The number of carbonyl (C=O) groups excluding carboxylic acids is 2. The number of aromatic nitrogens is 2. The number of hydrogen-bond donors (Lipinski definition) is 1. The molecule has 3 heterocycles. The Morgan fingerprint density at radius 2 is 1.93 bits per heavy atom. The Balaban J connectivity index is 1.54. The largest absolute Gasteiger partial charge is 0.497 e. The van der Waals surface area contributed by atoms with E-state index in [4.69, 9.17) is 9.15 Å². The molecule has 0 spiro atoms. The zero-order chi connectivity index (χ0) is 20.4. The van der Waals surface area contributed by atoms with Gasteiger partial charge in [-0.2, -0.15) is 5.10 Å². The molecule has 8 nitrogen and oxygen atoms in total. The molecule has 2 aromatic heterocycles. The first-order chi connectivity index (χ1) is 14.0. The van der Waals surface area contributed by atoms with Crippen LogP contribution in [0.5, 0.6) is 5.75 Å². The van der Waals surface area contributed by atoms with Crippen LogP contribution in [0.25, 0.3) is 0 Å². The fraction of sp³-hybridized carbons (Fsp3) is 0.286. The highest BCUT2D eigenvalue weighted by atomic mass is 16.5. The molecule has 0 unspecified atom stereocenters. The molecular formula is C21H22N4O4. The Hall–Kier alpha value is -3.55. The highest BCUT2D eigenvalue weighted by Crippen LogP contribution is 2.21. The number of carbonyl (C=O) groups is 2. The number of anilines is 1. The van der Waals surface area contributed by atoms with Crippen LogP contribution in [0, 0.1) is 6.92 Å². The second-order valence-electron chi connectivity index (χ2n) is 6.90. The number of furan rings is 1. The predicted molar refractivity (Wildman–Crippen MR) is 106 cm³/mol. The van der Waals surface area contributed by atoms with E-state index >= 15 is 0 Å². The lowest BCUT2D eigenvalue weighted by atomic mass is 10.2. The molecule has 29 heavy (non-hydrogen) atoms. The summed E-state index contributed by atoms with van der Waals surface area (Å²) < 4.78 is 12.4. The maximum absolute atomic E-state index is 12.8. The minimum Gasteiger partial charge on any atom is -0.497 e. The second-order valence-corrected chi connectivity index (χ2v) is 6.90. The average Bonchev–Trinajstić information content (AvgIpc) is 3.28. The van der Waals surface area contributed by atoms with Gasteiger partial charge in [-0.25, -0.2) is 0 Å². The van der Waals surface area contributed by atoms with E-state index in [2.05, 4.69) is 10.4 Å². The quantitative estimate of drug-likeness (QED) is 0.734. The van der Waals surface area contributed by atoms with Gasteiger partial charge >= 0.3 is 0 Å². The van der Waals surface area contributed by atoms with Gasteiger partial charge in [0.15, 0.2) is 5.76 Å². The first kappa shape index (κ1) is 18.8. The second kappa shape index (κ2) is 7.83. The van der Waals surface area contributed by atoms with Crippen LogP contribution in [0.2, 0.25) is 0 Å². The summed E-state index contributed by atoms with van der Waals surface area (Å²) in [6.45, 7) is 3.31. The summed E-state index contributed by atoms with van der Waals surface area (Å²) in [6, 6.07) is 10.5. The van der Waals surface area contributed by atoms with Gasteiger partial charge < -0.3 is 19.4 Å². The molecule has 0 aliphatic carbocycles. The van der Waals surface area contributed by atoms with Crippen molar-refractivity contribution in [3.05, 3.63) is 65.4 Å². The zero-order valence-electron chi connectivity index (χ0n) is 16.3. The molecule has 1 aliphatic heterocycles. The third kappa shape index (κ3) is 3.87. The lowest BCUT2D eigenvalue weighted by molar-refractivity contribution is 0.0710. The van der Waals surface area contributed by atoms with Gasteiger partial charge in [0.1, 0.15) is 11.5 Å². The maximum atomic E-state index is 12.8. The number of fused-ring (bicyclic) bond motifs is 1. The van der Waals surface area contributed by atoms with Crippen molar-refractivity contribution in [3.63, 3.8) is 0 Å². The molecule has 4 rings (SSSR count). The summed E-state index contributed by atoms with van der Waals surface area (Å²) >= 11 is 0. The first-order valence-corrected chi connectivity index (χ1v) is 9.41. The molecule has 0 radical (unpaired) electrons. The molecule has 2 amide bonds. The Kier molecular flexibility index (Phi) is 5.07. The molecule has 0 bridgehead atoms. The molecule has 1 aliphatic rings. The van der Waals surface area contributed by atoms with Crippen LogP contribution in [0.3, 0.4) is 0 Å². The van der Waals surface area contributed by atoms with Crippen LogP contribution in [-0.4, -0.2) is 40.1 Å². The summed E-state index contributed by atoms with van der Waals surface area (Å²) in [5.74, 6) is 1.26. The van der Waals surface area contributed by atoms with Gasteiger partial charge in [-0.05, 0) is 49.7 Å². The standard InChI is InChI=1S/C21H22N4O4/c1-14-4-9-19(29-14)21(27)24-10-3-11-25-18(13-24)17(12-22-25)20(26)23-15-5-7-16(28-2)8-6-15/h4-9,12H,3,10-11,13H2,1-2H3,(H,23,26). The molecule has 3 aromatic rings. The van der Waals surface area contributed by atoms with Gasteiger partial charge in [-0.1, -0.05) is 0 Å². The molecule has 0 saturated carbocycles. The summed E-state index contributed by atoms with van der Waals surface area (Å²) in [5, 5.41) is 7.23. The minimum atomic E-state index is -0.264. The molecule has 1 aromatic carbocycles. The number of benzene rings is 1. The molecule has 150 valence electrons. The molecule has 8 heteroatoms. The molecule has 0 atom stereocenters. The number of nitrogens with zero attached hydrogens (tertiary/aromatic N) is 3. The Bertz CT molecular complexity index is 1040. The van der Waals surface area contributed by atoms with Crippen molar-refractivity contribution in [2.24, 2.45) is 0 Å². The number of nitrogens with one attached hydrogen (secondary N) is 1. The fourth-order valence-corrected chi connectivity index (χ4v) is 3.38. The highest BCUT2D eigenvalue weighted by molar-refractivity contribution is 6.05. The van der Waals surface area contributed by atoms with Crippen LogP contribution in [0.4, 0.5) is 5.69 Å². The van der Waals surface area contributed by atoms with Crippen LogP contribution < -0.4 is 10.1 Å². The average molecular weight is 394 g/mol. The summed E-state index contributed by atoms with van der Waals surface area (Å²) in [6.07, 6.45) is 2.30. The zero-order valence-corrected chi connectivity index (χ0v) is 16.3. The third-order valence-corrected chi connectivity index (χ3v) is 4.92.